The van der Waals surface area contributed by atoms with E-state index in [1.54, 1.807) is 10.9 Å². The molecule has 21 heavy (non-hydrogen) atoms. The fourth-order valence-corrected chi connectivity index (χ4v) is 2.41. The number of carbonyl (C=O) groups is 1. The number of carbonyl (C=O) groups excluding carboxylic acids is 1. The van der Waals surface area contributed by atoms with Crippen LogP contribution in [0.3, 0.4) is 0 Å². The molecule has 0 saturated heterocycles. The van der Waals surface area contributed by atoms with Crippen LogP contribution in [0, 0.1) is 0 Å². The molecule has 0 spiro atoms. The van der Waals surface area contributed by atoms with Crippen LogP contribution >= 0.6 is 0 Å². The number of hydrogen-bond acceptors (Lipinski definition) is 5. The lowest BCUT2D eigenvalue weighted by Crippen LogP contribution is -2.29. The minimum Gasteiger partial charge on any atom is -0.382 e. The van der Waals surface area contributed by atoms with E-state index in [-0.39, 0.29) is 11.9 Å². The summed E-state index contributed by atoms with van der Waals surface area (Å²) in [5, 5.41) is 17.3. The Kier molecular flexibility index (Phi) is 3.47. The van der Waals surface area contributed by atoms with Crippen molar-refractivity contribution in [1.82, 2.24) is 20.1 Å². The Hall–Kier alpha value is -2.57. The molecule has 2 aromatic rings. The van der Waals surface area contributed by atoms with Gasteiger partial charge in [0.15, 0.2) is 5.82 Å². The Morgan fingerprint density at radius 1 is 1.33 bits per heavy atom. The van der Waals surface area contributed by atoms with Crippen molar-refractivity contribution in [2.24, 2.45) is 7.05 Å². The van der Waals surface area contributed by atoms with Crippen molar-refractivity contribution in [3.8, 4) is 0 Å². The van der Waals surface area contributed by atoms with Gasteiger partial charge in [0.05, 0.1) is 17.4 Å². The first kappa shape index (κ1) is 13.4. The molecular formula is C14H18N6O. The number of nitrogens with one attached hydrogen (secondary N) is 3. The van der Waals surface area contributed by atoms with Crippen molar-refractivity contribution < 1.29 is 4.79 Å². The van der Waals surface area contributed by atoms with Gasteiger partial charge in [-0.1, -0.05) is 0 Å². The lowest BCUT2D eigenvalue weighted by Gasteiger charge is -2.20. The quantitative estimate of drug-likeness (QED) is 0.788. The van der Waals surface area contributed by atoms with Crippen molar-refractivity contribution in [3.05, 3.63) is 35.9 Å². The number of amides is 1. The predicted octanol–water partition coefficient (Wildman–Crippen LogP) is 1.14. The van der Waals surface area contributed by atoms with Crippen LogP contribution in [0.5, 0.6) is 0 Å². The zero-order valence-electron chi connectivity index (χ0n) is 12.1. The number of anilines is 2. The zero-order chi connectivity index (χ0) is 14.8. The van der Waals surface area contributed by atoms with E-state index in [1.807, 2.05) is 32.2 Å². The second-order valence-electron chi connectivity index (χ2n) is 5.11. The fourth-order valence-electron chi connectivity index (χ4n) is 2.41. The third kappa shape index (κ3) is 2.67. The third-order valence-electron chi connectivity index (χ3n) is 3.52. The molecule has 1 aromatic carbocycles. The van der Waals surface area contributed by atoms with E-state index in [0.29, 0.717) is 5.56 Å². The monoisotopic (exact) mass is 286 g/mol. The van der Waals surface area contributed by atoms with Gasteiger partial charge in [0.2, 0.25) is 0 Å². The second-order valence-corrected chi connectivity index (χ2v) is 5.11. The second kappa shape index (κ2) is 5.43. The van der Waals surface area contributed by atoms with Crippen molar-refractivity contribution in [1.29, 1.82) is 0 Å². The van der Waals surface area contributed by atoms with Crippen LogP contribution in [0.25, 0.3) is 0 Å². The van der Waals surface area contributed by atoms with Gasteiger partial charge < -0.3 is 20.5 Å². The van der Waals surface area contributed by atoms with Crippen LogP contribution in [-0.2, 0) is 7.05 Å². The molecule has 0 fully saturated rings. The van der Waals surface area contributed by atoms with Gasteiger partial charge in [-0.25, -0.2) is 0 Å². The van der Waals surface area contributed by atoms with E-state index >= 15 is 0 Å². The smallest absolute Gasteiger partial charge is 0.251 e. The van der Waals surface area contributed by atoms with Crippen molar-refractivity contribution in [2.75, 3.05) is 23.7 Å². The summed E-state index contributed by atoms with van der Waals surface area (Å²) in [6.07, 6.45) is 1.62. The number of rotatable bonds is 3. The van der Waals surface area contributed by atoms with Crippen molar-refractivity contribution in [3.63, 3.8) is 0 Å². The minimum absolute atomic E-state index is 0.124. The number of benzene rings is 1. The normalized spacial score (nSPS) is 14.6. The van der Waals surface area contributed by atoms with Gasteiger partial charge in [-0.2, -0.15) is 0 Å². The summed E-state index contributed by atoms with van der Waals surface area (Å²) in [6.45, 7) is 3.63. The molecule has 1 amide bonds. The van der Waals surface area contributed by atoms with Gasteiger partial charge in [0, 0.05) is 25.7 Å². The largest absolute Gasteiger partial charge is 0.382 e. The molecule has 1 aliphatic rings. The number of aromatic nitrogens is 3. The summed E-state index contributed by atoms with van der Waals surface area (Å²) in [5.74, 6) is 0.599. The van der Waals surface area contributed by atoms with Gasteiger partial charge in [-0.3, -0.25) is 4.79 Å². The summed E-state index contributed by atoms with van der Waals surface area (Å²) in [6, 6.07) is 5.40. The SMILES string of the molecule is CC(NC(=O)c1ccc2c(c1)NCCN2)c1nncn1C. The molecule has 1 unspecified atom stereocenters. The fraction of sp³-hybridized carbons (Fsp3) is 0.357. The van der Waals surface area contributed by atoms with Gasteiger partial charge in [-0.05, 0) is 25.1 Å². The van der Waals surface area contributed by atoms with Crippen LogP contribution in [-0.4, -0.2) is 33.8 Å². The van der Waals surface area contributed by atoms with Gasteiger partial charge in [0.25, 0.3) is 5.91 Å². The molecule has 0 aliphatic carbocycles. The van der Waals surface area contributed by atoms with E-state index < -0.39 is 0 Å². The first-order valence-corrected chi connectivity index (χ1v) is 6.91. The summed E-state index contributed by atoms with van der Waals surface area (Å²) in [7, 11) is 1.85. The Bertz CT molecular complexity index is 665. The van der Waals surface area contributed by atoms with Gasteiger partial charge in [0.1, 0.15) is 6.33 Å². The first-order valence-electron chi connectivity index (χ1n) is 6.91. The van der Waals surface area contributed by atoms with Gasteiger partial charge >= 0.3 is 0 Å². The lowest BCUT2D eigenvalue weighted by atomic mass is 10.1. The molecule has 1 aromatic heterocycles. The standard InChI is InChI=1S/C14H18N6O/c1-9(13-19-17-8-20(13)2)18-14(21)10-3-4-11-12(7-10)16-6-5-15-11/h3-4,7-9,15-16H,5-6H2,1-2H3,(H,18,21). The van der Waals surface area contributed by atoms with Crippen LogP contribution in [0.4, 0.5) is 11.4 Å². The summed E-state index contributed by atoms with van der Waals surface area (Å²) in [5.41, 5.74) is 2.61. The minimum atomic E-state index is -0.202. The highest BCUT2D eigenvalue weighted by Gasteiger charge is 2.17. The molecule has 1 atom stereocenters. The Labute approximate surface area is 122 Å². The maximum atomic E-state index is 12.3. The molecule has 7 heteroatoms. The maximum absolute atomic E-state index is 12.3. The van der Waals surface area contributed by atoms with Crippen LogP contribution in [0.15, 0.2) is 24.5 Å². The third-order valence-corrected chi connectivity index (χ3v) is 3.52. The molecule has 110 valence electrons. The Morgan fingerprint density at radius 3 is 2.81 bits per heavy atom. The summed E-state index contributed by atoms with van der Waals surface area (Å²) < 4.78 is 1.79. The molecule has 3 N–H and O–H groups in total. The summed E-state index contributed by atoms with van der Waals surface area (Å²) in [4.78, 5) is 12.3. The molecule has 0 bridgehead atoms. The molecule has 0 saturated carbocycles. The van der Waals surface area contributed by atoms with E-state index in [4.69, 9.17) is 0 Å². The number of nitrogens with zero attached hydrogens (tertiary/aromatic N) is 3. The molecule has 7 nitrogen and oxygen atoms in total. The molecule has 1 aliphatic heterocycles. The van der Waals surface area contributed by atoms with E-state index in [1.165, 1.54) is 0 Å². The molecule has 0 radical (unpaired) electrons. The Balaban J connectivity index is 1.75. The maximum Gasteiger partial charge on any atom is 0.251 e. The zero-order valence-corrected chi connectivity index (χ0v) is 12.1. The highest BCUT2D eigenvalue weighted by atomic mass is 16.1. The van der Waals surface area contributed by atoms with Gasteiger partial charge in [-0.15, -0.1) is 10.2 Å². The lowest BCUT2D eigenvalue weighted by molar-refractivity contribution is 0.0938. The molecule has 2 heterocycles. The highest BCUT2D eigenvalue weighted by Crippen LogP contribution is 2.25. The average Bonchev–Trinajstić information content (AvgIpc) is 2.93. The van der Waals surface area contributed by atoms with Crippen LogP contribution in [0.1, 0.15) is 29.1 Å². The van der Waals surface area contributed by atoms with Crippen molar-refractivity contribution in [2.45, 2.75) is 13.0 Å². The number of hydrogen-bond donors (Lipinski definition) is 3. The van der Waals surface area contributed by atoms with E-state index in [2.05, 4.69) is 26.1 Å². The first-order chi connectivity index (χ1) is 10.1. The molecule has 3 rings (SSSR count). The average molecular weight is 286 g/mol. The highest BCUT2D eigenvalue weighted by molar-refractivity contribution is 5.96. The predicted molar refractivity (Wildman–Crippen MR) is 80.3 cm³/mol. The Morgan fingerprint density at radius 2 is 2.10 bits per heavy atom. The van der Waals surface area contributed by atoms with Crippen LogP contribution < -0.4 is 16.0 Å². The summed E-state index contributed by atoms with van der Waals surface area (Å²) >= 11 is 0. The van der Waals surface area contributed by atoms with E-state index in [0.717, 1.165) is 30.3 Å². The number of fused-ring (bicyclic) bond motifs is 1. The molecular weight excluding hydrogens is 268 g/mol. The van der Waals surface area contributed by atoms with E-state index in [9.17, 15) is 4.79 Å². The number of aryl methyl sites for hydroxylation is 1. The van der Waals surface area contributed by atoms with Crippen LogP contribution in [0.2, 0.25) is 0 Å². The van der Waals surface area contributed by atoms with Crippen molar-refractivity contribution >= 4 is 17.3 Å². The topological polar surface area (TPSA) is 83.9 Å².